The molecule has 5 nitrogen and oxygen atoms in total. The number of pyridine rings is 1. The molecule has 0 atom stereocenters. The van der Waals surface area contributed by atoms with Crippen LogP contribution in [0.25, 0.3) is 5.65 Å². The van der Waals surface area contributed by atoms with Gasteiger partial charge in [0, 0.05) is 12.6 Å². The molecule has 0 radical (unpaired) electrons. The van der Waals surface area contributed by atoms with Gasteiger partial charge in [-0.3, -0.25) is 0 Å². The van der Waals surface area contributed by atoms with Gasteiger partial charge in [0.1, 0.15) is 0 Å². The van der Waals surface area contributed by atoms with Crippen molar-refractivity contribution in [2.24, 2.45) is 0 Å². The second-order valence-electron chi connectivity index (χ2n) is 4.54. The zero-order valence-electron chi connectivity index (χ0n) is 10.7. The predicted octanol–water partition coefficient (Wildman–Crippen LogP) is 2.21. The third-order valence-corrected chi connectivity index (χ3v) is 3.11. The van der Waals surface area contributed by atoms with E-state index in [0.29, 0.717) is 5.65 Å². The van der Waals surface area contributed by atoms with Gasteiger partial charge in [-0.1, -0.05) is 30.3 Å². The molecule has 0 aliphatic carbocycles. The minimum atomic E-state index is -0.957. The lowest BCUT2D eigenvalue weighted by Crippen LogP contribution is -1.97. The largest absolute Gasteiger partial charge is 0.478 e. The van der Waals surface area contributed by atoms with Crippen LogP contribution in [0.5, 0.6) is 0 Å². The predicted molar refractivity (Wildman–Crippen MR) is 73.8 cm³/mol. The summed E-state index contributed by atoms with van der Waals surface area (Å²) < 4.78 is 1.60. The summed E-state index contributed by atoms with van der Waals surface area (Å²) in [6, 6.07) is 13.2. The standard InChI is InChI=1S/C15H13N3O2/c19-15(20)12-8-9-18-14(10-12)16-13(17-18)7-6-11-4-2-1-3-5-11/h1-5,8-10H,6-7H2,(H,19,20). The fourth-order valence-electron chi connectivity index (χ4n) is 2.07. The van der Waals surface area contributed by atoms with Crippen LogP contribution in [0.15, 0.2) is 48.7 Å². The molecule has 3 aromatic rings. The van der Waals surface area contributed by atoms with Crippen molar-refractivity contribution in [3.8, 4) is 0 Å². The first kappa shape index (κ1) is 12.3. The molecular weight excluding hydrogens is 254 g/mol. The van der Waals surface area contributed by atoms with Crippen molar-refractivity contribution < 1.29 is 9.90 Å². The summed E-state index contributed by atoms with van der Waals surface area (Å²) in [7, 11) is 0. The van der Waals surface area contributed by atoms with E-state index < -0.39 is 5.97 Å². The number of fused-ring (bicyclic) bond motifs is 1. The maximum atomic E-state index is 10.9. The smallest absolute Gasteiger partial charge is 0.335 e. The minimum absolute atomic E-state index is 0.222. The first-order valence-corrected chi connectivity index (χ1v) is 6.35. The lowest BCUT2D eigenvalue weighted by atomic mass is 10.1. The molecule has 0 fully saturated rings. The fraction of sp³-hybridized carbons (Fsp3) is 0.133. The van der Waals surface area contributed by atoms with E-state index in [4.69, 9.17) is 5.11 Å². The molecule has 2 heterocycles. The molecule has 3 rings (SSSR count). The third kappa shape index (κ3) is 2.51. The molecule has 2 aromatic heterocycles. The first-order valence-electron chi connectivity index (χ1n) is 6.35. The monoisotopic (exact) mass is 267 g/mol. The van der Waals surface area contributed by atoms with E-state index >= 15 is 0 Å². The van der Waals surface area contributed by atoms with Gasteiger partial charge in [-0.15, -0.1) is 0 Å². The highest BCUT2D eigenvalue weighted by atomic mass is 16.4. The van der Waals surface area contributed by atoms with Crippen LogP contribution in [0.1, 0.15) is 21.7 Å². The summed E-state index contributed by atoms with van der Waals surface area (Å²) in [5.74, 6) is -0.238. The first-order chi connectivity index (χ1) is 9.72. The summed E-state index contributed by atoms with van der Waals surface area (Å²) in [6.07, 6.45) is 3.22. The van der Waals surface area contributed by atoms with Crippen molar-refractivity contribution >= 4 is 11.6 Å². The van der Waals surface area contributed by atoms with Crippen molar-refractivity contribution in [1.29, 1.82) is 0 Å². The number of aromatic nitrogens is 3. The van der Waals surface area contributed by atoms with Gasteiger partial charge in [0.25, 0.3) is 0 Å². The van der Waals surface area contributed by atoms with E-state index in [0.717, 1.165) is 18.7 Å². The molecule has 0 unspecified atom stereocenters. The Labute approximate surface area is 115 Å². The van der Waals surface area contributed by atoms with Crippen LogP contribution in [0, 0.1) is 0 Å². The molecule has 5 heteroatoms. The molecule has 0 aliphatic rings. The van der Waals surface area contributed by atoms with Gasteiger partial charge in [0.15, 0.2) is 11.5 Å². The van der Waals surface area contributed by atoms with Crippen molar-refractivity contribution in [1.82, 2.24) is 14.6 Å². The number of nitrogens with zero attached hydrogens (tertiary/aromatic N) is 3. The Bertz CT molecular complexity index is 750. The maximum Gasteiger partial charge on any atom is 0.335 e. The number of carbonyl (C=O) groups is 1. The second kappa shape index (κ2) is 5.13. The molecule has 0 saturated heterocycles. The number of aromatic carboxylic acids is 1. The highest BCUT2D eigenvalue weighted by Crippen LogP contribution is 2.08. The number of hydrogen-bond acceptors (Lipinski definition) is 3. The number of hydrogen-bond donors (Lipinski definition) is 1. The highest BCUT2D eigenvalue weighted by molar-refractivity contribution is 5.88. The van der Waals surface area contributed by atoms with Crippen LogP contribution < -0.4 is 0 Å². The summed E-state index contributed by atoms with van der Waals surface area (Å²) in [5.41, 5.74) is 2.02. The zero-order valence-corrected chi connectivity index (χ0v) is 10.7. The molecule has 1 aromatic carbocycles. The van der Waals surface area contributed by atoms with Crippen molar-refractivity contribution in [2.75, 3.05) is 0 Å². The van der Waals surface area contributed by atoms with Crippen molar-refractivity contribution in [3.05, 3.63) is 65.6 Å². The SMILES string of the molecule is O=C(O)c1ccn2nc(CCc3ccccc3)nc2c1. The van der Waals surface area contributed by atoms with Crippen LogP contribution in [-0.4, -0.2) is 25.7 Å². The van der Waals surface area contributed by atoms with Gasteiger partial charge in [-0.2, -0.15) is 5.10 Å². The van der Waals surface area contributed by atoms with Gasteiger partial charge in [-0.25, -0.2) is 14.3 Å². The number of benzene rings is 1. The number of carboxylic acids is 1. The minimum Gasteiger partial charge on any atom is -0.478 e. The molecule has 0 bridgehead atoms. The Hall–Kier alpha value is -2.69. The Morgan fingerprint density at radius 2 is 1.95 bits per heavy atom. The summed E-state index contributed by atoms with van der Waals surface area (Å²) in [5, 5.41) is 13.3. The quantitative estimate of drug-likeness (QED) is 0.787. The summed E-state index contributed by atoms with van der Waals surface area (Å²) >= 11 is 0. The van der Waals surface area contributed by atoms with E-state index in [9.17, 15) is 4.79 Å². The highest BCUT2D eigenvalue weighted by Gasteiger charge is 2.08. The Kier molecular flexibility index (Phi) is 3.16. The molecule has 1 N–H and O–H groups in total. The normalized spacial score (nSPS) is 10.8. The Morgan fingerprint density at radius 3 is 2.70 bits per heavy atom. The van der Waals surface area contributed by atoms with E-state index in [2.05, 4.69) is 22.2 Å². The fourth-order valence-corrected chi connectivity index (χ4v) is 2.07. The van der Waals surface area contributed by atoms with Gasteiger partial charge in [0.2, 0.25) is 0 Å². The zero-order chi connectivity index (χ0) is 13.9. The van der Waals surface area contributed by atoms with Gasteiger partial charge in [0.05, 0.1) is 5.56 Å². The van der Waals surface area contributed by atoms with Crippen molar-refractivity contribution in [2.45, 2.75) is 12.8 Å². The number of carboxylic acid groups (broad SMARTS) is 1. The Morgan fingerprint density at radius 1 is 1.15 bits per heavy atom. The Balaban J connectivity index is 1.80. The summed E-state index contributed by atoms with van der Waals surface area (Å²) in [4.78, 5) is 15.3. The number of aryl methyl sites for hydroxylation is 2. The van der Waals surface area contributed by atoms with Crippen LogP contribution in [0.2, 0.25) is 0 Å². The van der Waals surface area contributed by atoms with E-state index in [-0.39, 0.29) is 5.56 Å². The molecule has 0 aliphatic heterocycles. The van der Waals surface area contributed by atoms with Crippen LogP contribution in [-0.2, 0) is 12.8 Å². The average molecular weight is 267 g/mol. The van der Waals surface area contributed by atoms with E-state index in [1.54, 1.807) is 10.7 Å². The third-order valence-electron chi connectivity index (χ3n) is 3.11. The van der Waals surface area contributed by atoms with Crippen LogP contribution in [0.4, 0.5) is 0 Å². The molecule has 20 heavy (non-hydrogen) atoms. The lowest BCUT2D eigenvalue weighted by Gasteiger charge is -1.96. The van der Waals surface area contributed by atoms with Crippen LogP contribution in [0.3, 0.4) is 0 Å². The summed E-state index contributed by atoms with van der Waals surface area (Å²) in [6.45, 7) is 0. The van der Waals surface area contributed by atoms with Gasteiger partial charge >= 0.3 is 5.97 Å². The average Bonchev–Trinajstić information content (AvgIpc) is 2.88. The lowest BCUT2D eigenvalue weighted by molar-refractivity contribution is 0.0697. The van der Waals surface area contributed by atoms with Gasteiger partial charge < -0.3 is 5.11 Å². The molecule has 0 saturated carbocycles. The van der Waals surface area contributed by atoms with Gasteiger partial charge in [-0.05, 0) is 24.1 Å². The molecule has 0 amide bonds. The van der Waals surface area contributed by atoms with E-state index in [1.165, 1.54) is 17.7 Å². The molecule has 0 spiro atoms. The second-order valence-corrected chi connectivity index (χ2v) is 4.54. The topological polar surface area (TPSA) is 67.5 Å². The van der Waals surface area contributed by atoms with Crippen molar-refractivity contribution in [3.63, 3.8) is 0 Å². The van der Waals surface area contributed by atoms with Crippen LogP contribution >= 0.6 is 0 Å². The number of rotatable bonds is 4. The molecule has 100 valence electrons. The maximum absolute atomic E-state index is 10.9. The van der Waals surface area contributed by atoms with E-state index in [1.807, 2.05) is 18.2 Å². The molecular formula is C15H13N3O2.